The van der Waals surface area contributed by atoms with Gasteiger partial charge in [-0.25, -0.2) is 0 Å². The van der Waals surface area contributed by atoms with Crippen molar-refractivity contribution in [3.8, 4) is 0 Å². The summed E-state index contributed by atoms with van der Waals surface area (Å²) >= 11 is 8.92. The first kappa shape index (κ1) is 21.9. The van der Waals surface area contributed by atoms with E-state index in [1.54, 1.807) is 0 Å². The summed E-state index contributed by atoms with van der Waals surface area (Å²) in [5, 5.41) is 13.9. The normalized spacial score (nSPS) is 10.5. The minimum absolute atomic E-state index is 0.807. The molecule has 0 unspecified atom stereocenters. The van der Waals surface area contributed by atoms with Crippen LogP contribution in [0.4, 0.5) is 0 Å². The molecule has 0 fully saturated rings. The Hall–Kier alpha value is -0.346. The van der Waals surface area contributed by atoms with Crippen LogP contribution >= 0.6 is 39.5 Å². The molecule has 6 nitrogen and oxygen atoms in total. The molecule has 0 aliphatic carbocycles. The van der Waals surface area contributed by atoms with E-state index < -0.39 is 11.6 Å². The van der Waals surface area contributed by atoms with Gasteiger partial charge in [-0.1, -0.05) is 39.0 Å². The molecule has 0 spiro atoms. The summed E-state index contributed by atoms with van der Waals surface area (Å²) in [5.74, 6) is 0. The van der Waals surface area contributed by atoms with E-state index in [1.165, 1.54) is 0 Å². The molecule has 0 bridgehead atoms. The summed E-state index contributed by atoms with van der Waals surface area (Å²) in [5.41, 5.74) is 6.06. The topological polar surface area (TPSA) is 53.5 Å². The van der Waals surface area contributed by atoms with Crippen molar-refractivity contribution < 1.29 is 11.6 Å². The number of rotatable bonds is 3. The third kappa shape index (κ3) is 5.35. The molecule has 3 aromatic rings. The molecule has 0 saturated heterocycles. The molecule has 0 aromatic carbocycles. The molecule has 140 valence electrons. The zero-order valence-corrected chi connectivity index (χ0v) is 21.9. The van der Waals surface area contributed by atoms with Gasteiger partial charge >= 0.3 is 51.1 Å². The second-order valence-corrected chi connectivity index (χ2v) is 29.7. The molecule has 10 heteroatoms. The standard InChI is InChI=1S/C16H21N6.3BrH.Ti/c1-10-7-13(4)20(17-10)16(21-14(5)8-11(2)18-21)22-15(6)9-12(3)19-22;;;;/h7-9H,1-6H3;3*1H;/q-1;;;;+4/p-3. The number of nitrogens with zero attached hydrogens (tertiary/aromatic N) is 6. The molecule has 0 aliphatic heterocycles. The van der Waals surface area contributed by atoms with Gasteiger partial charge in [0.1, 0.15) is 0 Å². The number of aryl methyl sites for hydroxylation is 6. The Morgan fingerprint density at radius 1 is 0.654 bits per heavy atom. The van der Waals surface area contributed by atoms with Gasteiger partial charge in [-0.05, 0) is 37.9 Å². The van der Waals surface area contributed by atoms with Crippen molar-refractivity contribution in [2.45, 2.75) is 41.5 Å². The SMILES string of the molecule is Cc1cc(C)n([C-](n2nc(C)cc2C)n2nc(C)cc2C)n1.[Br][Ti+]([Br])[Br]. The van der Waals surface area contributed by atoms with E-state index in [9.17, 15) is 0 Å². The van der Waals surface area contributed by atoms with Gasteiger partial charge in [0.2, 0.25) is 0 Å². The summed E-state index contributed by atoms with van der Waals surface area (Å²) in [6.07, 6.45) is 0.807. The quantitative estimate of drug-likeness (QED) is 0.320. The van der Waals surface area contributed by atoms with Crippen molar-refractivity contribution in [2.24, 2.45) is 0 Å². The van der Waals surface area contributed by atoms with Crippen molar-refractivity contribution in [3.05, 3.63) is 58.7 Å². The fourth-order valence-electron chi connectivity index (χ4n) is 2.76. The number of halogens is 3. The third-order valence-electron chi connectivity index (χ3n) is 3.60. The van der Waals surface area contributed by atoms with E-state index in [-0.39, 0.29) is 0 Å². The van der Waals surface area contributed by atoms with Gasteiger partial charge in [-0.2, -0.15) is 15.3 Å². The van der Waals surface area contributed by atoms with Gasteiger partial charge in [0.25, 0.3) is 0 Å². The van der Waals surface area contributed by atoms with E-state index in [0.29, 0.717) is 0 Å². The maximum atomic E-state index is 4.62. The Morgan fingerprint density at radius 2 is 0.885 bits per heavy atom. The van der Waals surface area contributed by atoms with E-state index in [4.69, 9.17) is 0 Å². The van der Waals surface area contributed by atoms with Crippen LogP contribution in [0.1, 0.15) is 34.2 Å². The Morgan fingerprint density at radius 3 is 1.04 bits per heavy atom. The number of aromatic nitrogens is 6. The van der Waals surface area contributed by atoms with E-state index in [2.05, 4.69) is 73.0 Å². The first-order valence-electron chi connectivity index (χ1n) is 7.91. The predicted octanol–water partition coefficient (Wildman–Crippen LogP) is 5.05. The van der Waals surface area contributed by atoms with Crippen LogP contribution in [0.5, 0.6) is 0 Å². The fraction of sp³-hybridized carbons (Fsp3) is 0.375. The van der Waals surface area contributed by atoms with Crippen LogP contribution in [-0.4, -0.2) is 29.3 Å². The molecule has 3 heterocycles. The van der Waals surface area contributed by atoms with Gasteiger partial charge in [0.05, 0.1) is 0 Å². The second-order valence-electron chi connectivity index (χ2n) is 6.03. The van der Waals surface area contributed by atoms with E-state index in [0.717, 1.165) is 40.5 Å². The van der Waals surface area contributed by atoms with Crippen LogP contribution in [-0.2, 0) is 11.6 Å². The molecule has 0 radical (unpaired) electrons. The van der Waals surface area contributed by atoms with Crippen molar-refractivity contribution in [1.82, 2.24) is 29.3 Å². The minimum atomic E-state index is -0.896. The third-order valence-corrected chi connectivity index (χ3v) is 3.60. The number of hydrogen-bond donors (Lipinski definition) is 0. The van der Waals surface area contributed by atoms with Crippen molar-refractivity contribution in [2.75, 3.05) is 0 Å². The van der Waals surface area contributed by atoms with Crippen LogP contribution < -0.4 is 0 Å². The Kier molecular flexibility index (Phi) is 7.79. The summed E-state index contributed by atoms with van der Waals surface area (Å²) in [6.45, 7) is 12.1. The van der Waals surface area contributed by atoms with Gasteiger partial charge in [0, 0.05) is 17.1 Å². The van der Waals surface area contributed by atoms with Crippen LogP contribution in [0.25, 0.3) is 0 Å². The van der Waals surface area contributed by atoms with Crippen LogP contribution in [0, 0.1) is 47.8 Å². The Balaban J connectivity index is 0.000000552. The molecule has 0 N–H and O–H groups in total. The maximum absolute atomic E-state index is 4.62. The number of hydrogen-bond acceptors (Lipinski definition) is 3. The van der Waals surface area contributed by atoms with Gasteiger partial charge in [-0.3, -0.25) is 14.0 Å². The van der Waals surface area contributed by atoms with Crippen molar-refractivity contribution >= 4 is 39.5 Å². The average Bonchev–Trinajstić information content (AvgIpc) is 3.10. The molecule has 3 rings (SSSR count). The fourth-order valence-corrected chi connectivity index (χ4v) is 2.76. The summed E-state index contributed by atoms with van der Waals surface area (Å²) in [7, 11) is 0. The van der Waals surface area contributed by atoms with Gasteiger partial charge in [0.15, 0.2) is 6.29 Å². The Bertz CT molecular complexity index is 770. The predicted molar refractivity (Wildman–Crippen MR) is 111 cm³/mol. The van der Waals surface area contributed by atoms with E-state index in [1.807, 2.05) is 55.6 Å². The molecule has 0 saturated carbocycles. The molecule has 3 aromatic heterocycles. The zero-order chi connectivity index (χ0) is 19.6. The van der Waals surface area contributed by atoms with Crippen LogP contribution in [0.2, 0.25) is 0 Å². The van der Waals surface area contributed by atoms with Crippen molar-refractivity contribution in [1.29, 1.82) is 0 Å². The molecular weight excluding hydrogens is 564 g/mol. The van der Waals surface area contributed by atoms with Crippen LogP contribution in [0.15, 0.2) is 18.2 Å². The molecule has 0 amide bonds. The van der Waals surface area contributed by atoms with Gasteiger partial charge in [-0.15, -0.1) is 0 Å². The summed E-state index contributed by atoms with van der Waals surface area (Å²) < 4.78 is 5.69. The zero-order valence-electron chi connectivity index (χ0n) is 15.5. The Labute approximate surface area is 179 Å². The molecule has 0 aliphatic rings. The summed E-state index contributed by atoms with van der Waals surface area (Å²) in [6, 6.07) is 6.16. The molecular formula is C16H21Br3N6Ti. The average molecular weight is 585 g/mol. The monoisotopic (exact) mass is 582 g/mol. The van der Waals surface area contributed by atoms with Crippen LogP contribution in [0.3, 0.4) is 0 Å². The summed E-state index contributed by atoms with van der Waals surface area (Å²) in [4.78, 5) is 0. The first-order chi connectivity index (χ1) is 12.1. The molecule has 26 heavy (non-hydrogen) atoms. The van der Waals surface area contributed by atoms with Crippen molar-refractivity contribution in [3.63, 3.8) is 0 Å². The van der Waals surface area contributed by atoms with E-state index >= 15 is 0 Å². The van der Waals surface area contributed by atoms with Gasteiger partial charge < -0.3 is 0 Å². The second kappa shape index (κ2) is 9.23. The molecule has 0 atom stereocenters. The first-order valence-corrected chi connectivity index (χ1v) is 19.5.